The summed E-state index contributed by atoms with van der Waals surface area (Å²) in [6, 6.07) is 48.4. The number of pyridine rings is 1. The average molecular weight is 1070 g/mol. The number of benzene rings is 6. The summed E-state index contributed by atoms with van der Waals surface area (Å²) in [4.78, 5) is 4.91. The summed E-state index contributed by atoms with van der Waals surface area (Å²) >= 11 is 0. The maximum absolute atomic E-state index is 6.98. The predicted octanol–water partition coefficient (Wildman–Crippen LogP) is 17.2. The fourth-order valence-corrected chi connectivity index (χ4v) is 10.4. The van der Waals surface area contributed by atoms with Gasteiger partial charge in [0.05, 0.1) is 5.69 Å². The quantitative estimate of drug-likeness (QED) is 0.0818. The van der Waals surface area contributed by atoms with Crippen molar-refractivity contribution in [3.05, 3.63) is 173 Å². The van der Waals surface area contributed by atoms with E-state index in [1.807, 2.05) is 12.3 Å². The number of aryl methyl sites for hydroxylation is 2. The number of para-hydroxylation sites is 1. The number of ether oxygens (including phenoxy) is 1. The van der Waals surface area contributed by atoms with E-state index < -0.39 is 0 Å². The summed E-state index contributed by atoms with van der Waals surface area (Å²) in [5.41, 5.74) is 18.7. The Labute approximate surface area is 413 Å². The van der Waals surface area contributed by atoms with Gasteiger partial charge >= 0.3 is 0 Å². The van der Waals surface area contributed by atoms with Crippen molar-refractivity contribution in [3.63, 3.8) is 0 Å². The predicted molar refractivity (Wildman–Crippen MR) is 277 cm³/mol. The van der Waals surface area contributed by atoms with Gasteiger partial charge in [0, 0.05) is 68.5 Å². The van der Waals surface area contributed by atoms with E-state index in [2.05, 4.69) is 223 Å². The van der Waals surface area contributed by atoms with Crippen molar-refractivity contribution < 1.29 is 25.8 Å². The first-order valence-electron chi connectivity index (χ1n) is 24.0. The minimum absolute atomic E-state index is 0. The van der Waals surface area contributed by atoms with Gasteiger partial charge < -0.3 is 9.30 Å². The Bertz CT molecular complexity index is 3220. The van der Waals surface area contributed by atoms with E-state index in [-0.39, 0.29) is 31.9 Å². The third-order valence-corrected chi connectivity index (χ3v) is 14.4. The number of hydrogen-bond acceptors (Lipinski definition) is 2. The molecule has 0 N–H and O–H groups in total. The zero-order valence-electron chi connectivity index (χ0n) is 41.8. The topological polar surface area (TPSA) is 27.1 Å². The van der Waals surface area contributed by atoms with Crippen LogP contribution in [-0.2, 0) is 31.9 Å². The molecule has 0 amide bonds. The van der Waals surface area contributed by atoms with E-state index in [0.29, 0.717) is 38.4 Å². The molecule has 0 saturated carbocycles. The Balaban J connectivity index is 0.00000562. The maximum atomic E-state index is 6.98. The molecule has 2 aliphatic rings. The Morgan fingerprint density at radius 3 is 1.91 bits per heavy atom. The van der Waals surface area contributed by atoms with Gasteiger partial charge in [-0.1, -0.05) is 137 Å². The molecule has 67 heavy (non-hydrogen) atoms. The second-order valence-corrected chi connectivity index (χ2v) is 22.1. The normalized spacial score (nSPS) is 17.7. The fourth-order valence-electron chi connectivity index (χ4n) is 10.4. The zero-order chi connectivity index (χ0) is 46.8. The Kier molecular flexibility index (Phi) is 11.5. The summed E-state index contributed by atoms with van der Waals surface area (Å²) in [5, 5.41) is 2.26. The summed E-state index contributed by atoms with van der Waals surface area (Å²) in [6.07, 6.45) is 1.92. The van der Waals surface area contributed by atoms with E-state index in [4.69, 9.17) is 9.72 Å². The molecule has 2 atom stereocenters. The van der Waals surface area contributed by atoms with Crippen LogP contribution in [0.1, 0.15) is 140 Å². The Hall–Kier alpha value is -5.32. The van der Waals surface area contributed by atoms with Crippen LogP contribution in [0.15, 0.2) is 115 Å². The van der Waals surface area contributed by atoms with Crippen LogP contribution >= 0.6 is 0 Å². The van der Waals surface area contributed by atoms with Crippen molar-refractivity contribution >= 4 is 44.6 Å². The van der Waals surface area contributed by atoms with Gasteiger partial charge in [-0.2, -0.15) is 10.7 Å². The van der Waals surface area contributed by atoms with Gasteiger partial charge in [0.2, 0.25) is 11.4 Å². The molecule has 1 fully saturated rings. The number of hydrogen-bond donors (Lipinski definition) is 0. The Morgan fingerprint density at radius 1 is 0.612 bits per heavy atom. The molecule has 0 bridgehead atoms. The van der Waals surface area contributed by atoms with Crippen molar-refractivity contribution in [2.45, 2.75) is 126 Å². The van der Waals surface area contributed by atoms with Gasteiger partial charge in [-0.3, -0.25) is 0 Å². The van der Waals surface area contributed by atoms with Crippen molar-refractivity contribution in [2.24, 2.45) is 0 Å². The third kappa shape index (κ3) is 7.43. The zero-order valence-corrected chi connectivity index (χ0v) is 44.1. The fraction of sp³-hybridized carbons (Fsp3) is 0.311. The molecule has 10 rings (SSSR count). The van der Waals surface area contributed by atoms with E-state index in [9.17, 15) is 0 Å². The monoisotopic (exact) mass is 1060 g/mol. The number of aromatic nitrogens is 2. The molecule has 5 nitrogen and oxygen atoms in total. The summed E-state index contributed by atoms with van der Waals surface area (Å²) in [5.74, 6) is 3.41. The molecule has 1 saturated heterocycles. The van der Waals surface area contributed by atoms with Crippen LogP contribution in [0, 0.1) is 32.6 Å². The second kappa shape index (κ2) is 16.4. The minimum Gasteiger partial charge on any atom is -0.509 e. The third-order valence-electron chi connectivity index (χ3n) is 14.4. The molecule has 0 aliphatic carbocycles. The second-order valence-electron chi connectivity index (χ2n) is 22.1. The van der Waals surface area contributed by atoms with Crippen LogP contribution in [0.3, 0.4) is 0 Å². The number of nitrogens with zero attached hydrogens (tertiary/aromatic N) is 4. The van der Waals surface area contributed by atoms with Gasteiger partial charge in [0.25, 0.3) is 0 Å². The van der Waals surface area contributed by atoms with E-state index in [1.54, 1.807) is 0 Å². The number of fused-ring (bicyclic) bond motifs is 7. The van der Waals surface area contributed by atoms with Gasteiger partial charge in [-0.05, 0) is 111 Å². The van der Waals surface area contributed by atoms with Crippen molar-refractivity contribution in [1.82, 2.24) is 18.7 Å². The van der Waals surface area contributed by atoms with E-state index in [0.717, 1.165) is 33.3 Å². The van der Waals surface area contributed by atoms with Crippen LogP contribution in [0.25, 0.3) is 38.8 Å². The van der Waals surface area contributed by atoms with Crippen LogP contribution in [-0.4, -0.2) is 9.55 Å². The first kappa shape index (κ1) is 46.8. The number of rotatable bonds is 9. The van der Waals surface area contributed by atoms with E-state index >= 15 is 0 Å². The molecule has 2 aromatic heterocycles. The molecule has 6 aromatic carbocycles. The molecule has 4 heterocycles. The Morgan fingerprint density at radius 2 is 1.27 bits per heavy atom. The van der Waals surface area contributed by atoms with Gasteiger partial charge in [0.15, 0.2) is 12.4 Å². The van der Waals surface area contributed by atoms with Crippen LogP contribution in [0.5, 0.6) is 11.5 Å². The molecule has 0 radical (unpaired) electrons. The number of quaternary nitrogens is 2. The van der Waals surface area contributed by atoms with Crippen LogP contribution in [0.4, 0.5) is 22.7 Å². The summed E-state index contributed by atoms with van der Waals surface area (Å²) in [7, 11) is 0. The smallest absolute Gasteiger partial charge is 0.225 e. The summed E-state index contributed by atoms with van der Waals surface area (Å²) < 4.78 is 10.3. The molecule has 6 heteroatoms. The van der Waals surface area contributed by atoms with Crippen molar-refractivity contribution in [3.8, 4) is 28.4 Å². The molecule has 0 spiro atoms. The van der Waals surface area contributed by atoms with Crippen LogP contribution < -0.4 is 13.9 Å². The van der Waals surface area contributed by atoms with Gasteiger partial charge in [0.1, 0.15) is 5.82 Å². The average Bonchev–Trinajstić information content (AvgIpc) is 3.78. The standard InChI is InChI=1S/C61H65N4O.Pt/c1-37(2)43-29-52(38(3)4)59(53(30-43)39(5)6)42-18-17-19-46(28-42)64-36-65(64,57-27-41(8)40(7)26-56(57)64)47-31-45(61(12,13)14)32-49(34-47)66-48-22-23-51-50-20-15-16-21-54(50)63(55(51)35-48)58-33-44(24-25-62-58)60(9,10)11;/h15-33,36-39H,1-14H3;/q-1;/t64-,65?;/m0./s1. The molecule has 2 aliphatic heterocycles. The summed E-state index contributed by atoms with van der Waals surface area (Å²) in [6.45, 7) is 34.5. The van der Waals surface area contributed by atoms with Crippen molar-refractivity contribution in [1.29, 1.82) is 0 Å². The molecule has 1 unspecified atom stereocenters. The first-order chi connectivity index (χ1) is 31.2. The SMILES string of the molecule is Cc1cc2c(cc1C)[N@@+]1(c3cccc(-c4c(C(C)C)cc(C(C)C)cc4C(C)C)c3)[CH-][N+]21c1[c-]c(Oc2[c-]c3c(cc2)c2ccccc2n3-c2cc(C(C)(C)C)ccn2)cc(C(C)(C)C)c1.[Pt]. The largest absolute Gasteiger partial charge is 0.509 e. The minimum atomic E-state index is -0.158. The molecular formula is C61H65N4OPt-. The van der Waals surface area contributed by atoms with E-state index in [1.165, 1.54) is 67.1 Å². The van der Waals surface area contributed by atoms with Gasteiger partial charge in [-0.15, -0.1) is 35.2 Å². The molecular weight excluding hydrogens is 1000 g/mol. The molecule has 8 aromatic rings. The maximum Gasteiger partial charge on any atom is 0.225 e. The van der Waals surface area contributed by atoms with Gasteiger partial charge in [-0.25, -0.2) is 9.58 Å². The molecule has 346 valence electrons. The van der Waals surface area contributed by atoms with Crippen molar-refractivity contribution in [2.75, 3.05) is 0 Å². The van der Waals surface area contributed by atoms with Crippen LogP contribution in [0.2, 0.25) is 0 Å². The first-order valence-corrected chi connectivity index (χ1v) is 24.0.